The predicted octanol–water partition coefficient (Wildman–Crippen LogP) is 12.0. The van der Waals surface area contributed by atoms with Gasteiger partial charge >= 0.3 is 46.4 Å². The molecule has 0 aromatic heterocycles. The average molecular weight is 1990 g/mol. The molecule has 0 saturated carbocycles. The fourth-order valence-corrected chi connectivity index (χ4v) is 8.31. The molecule has 0 amide bonds. The van der Waals surface area contributed by atoms with E-state index < -0.39 is 18.1 Å². The molecule has 0 aliphatic carbocycles. The monoisotopic (exact) mass is 1990 g/mol. The third kappa shape index (κ3) is 53.5. The third-order valence-electron chi connectivity index (χ3n) is 13.5. The van der Waals surface area contributed by atoms with E-state index in [0.717, 1.165) is 71.1 Å². The molecule has 8 bridgehead atoms. The van der Waals surface area contributed by atoms with Crippen LogP contribution in [-0.4, -0.2) is 208 Å². The van der Waals surface area contributed by atoms with Crippen LogP contribution in [0.4, 0.5) is 0 Å². The quantitative estimate of drug-likeness (QED) is 0.00413. The molecule has 0 spiro atoms. The van der Waals surface area contributed by atoms with Crippen LogP contribution in [0.1, 0.15) is 160 Å². The van der Waals surface area contributed by atoms with Gasteiger partial charge in [-0.3, -0.25) is 29.7 Å². The number of amidine groups is 5. The summed E-state index contributed by atoms with van der Waals surface area (Å²) in [4.78, 5) is 80.1. The van der Waals surface area contributed by atoms with E-state index in [1.165, 1.54) is 66.7 Å². The molecule has 12 N–H and O–H groups in total. The summed E-state index contributed by atoms with van der Waals surface area (Å²) in [5.74, 6) is 2.83. The zero-order valence-corrected chi connectivity index (χ0v) is 75.9. The number of aliphatic hydroxyl groups is 7. The number of allylic oxidation sites excluding steroid dienone is 8. The first-order valence-corrected chi connectivity index (χ1v) is 34.5. The van der Waals surface area contributed by atoms with Gasteiger partial charge in [0.25, 0.3) is 0 Å². The molecule has 118 heavy (non-hydrogen) atoms. The van der Waals surface area contributed by atoms with Crippen molar-refractivity contribution in [2.45, 2.75) is 115 Å². The standard InChI is InChI=1S/C32H20N8.C11H20O2.C10H14O5.C5H11O3.C5H12O3.2C5H8O2.C5H8O.C2H4O.2CH4O.7Cu/c1-2-10-18-17(9-1)25-33-26(18)38-28-21-13-5-6-14-22(21)30(35-28)40-32-24-16-8-7-15-23(24)31(36-32)39-29-20-12-4-3-11-19(20)27(34-29)37-25;1-10(2,3)8(12)7-9(13)11(4,5)6;1-7(2)10(13)15-5-4-14-9(12)6-8(3)11;1-6-3-4-8-5-7-2;1-7-4-5-8-3-2-6;2*1-4(6)3-5(2)7;1-4(2)5(3)6;1-2-3;2*1-2;;;;;;;/h1-16,25,27,30,37H;7,12H,1-6H3;6,11H,1,4-5H2,2-3H3;2-5H2,1H3;6H,2-5H2,1H3;2*3,6H,1-2H3;6H,1,3H2,2H3;2H,1H3;2*2H,1H3;;;;;;;/q-2;;;-1;;;;;;;;;;;;;;+1/p+3. The minimum absolute atomic E-state index is 0. The molecule has 686 valence electrons. The summed E-state index contributed by atoms with van der Waals surface area (Å²) in [6.45, 7) is 36.3. The Morgan fingerprint density at radius 2 is 0.941 bits per heavy atom. The van der Waals surface area contributed by atoms with E-state index >= 15 is 0 Å². The number of aliphatic imine (C=N–C) groups is 5. The second-order valence-corrected chi connectivity index (χ2v) is 25.3. The van der Waals surface area contributed by atoms with Crippen molar-refractivity contribution >= 4 is 64.8 Å². The number of hydrogen-bond donors (Lipinski definition) is 8. The van der Waals surface area contributed by atoms with Crippen molar-refractivity contribution < 1.29 is 222 Å². The summed E-state index contributed by atoms with van der Waals surface area (Å²) >= 11 is 0. The Morgan fingerprint density at radius 1 is 0.542 bits per heavy atom. The molecule has 4 aromatic rings. The van der Waals surface area contributed by atoms with Gasteiger partial charge in [-0.2, -0.15) is 0 Å². The Balaban J connectivity index is -0.000000184. The van der Waals surface area contributed by atoms with E-state index in [0.29, 0.717) is 73.4 Å². The van der Waals surface area contributed by atoms with E-state index in [-0.39, 0.29) is 215 Å². The molecule has 5 aliphatic rings. The maximum absolute atomic E-state index is 10.9. The number of rotatable bonds is 19. The van der Waals surface area contributed by atoms with Crippen LogP contribution in [0.15, 0.2) is 206 Å². The molecule has 4 aromatic carbocycles. The Labute approximate surface area is 768 Å². The fourth-order valence-electron chi connectivity index (χ4n) is 8.31. The van der Waals surface area contributed by atoms with Crippen LogP contribution < -0.4 is 10.4 Å². The van der Waals surface area contributed by atoms with Gasteiger partial charge in [-0.25, -0.2) is 16.9 Å². The number of ketones is 3. The molecule has 29 nitrogen and oxygen atoms in total. The minimum Gasteiger partial charge on any atom is -0.873 e. The molecule has 5 heterocycles. The Morgan fingerprint density at radius 3 is 1.36 bits per heavy atom. The number of nitrogens with zero attached hydrogens (tertiary/aromatic N) is 7. The molecule has 36 heteroatoms. The first kappa shape index (κ1) is 129. The van der Waals surface area contributed by atoms with E-state index in [9.17, 15) is 19.8 Å². The molecule has 3 atom stereocenters. The van der Waals surface area contributed by atoms with Crippen LogP contribution in [0.25, 0.3) is 10.6 Å². The Hall–Kier alpha value is -7.09. The van der Waals surface area contributed by atoms with E-state index in [1.54, 1.807) is 21.1 Å². The molecule has 6 radical (unpaired) electrons. The number of nitrogens with one attached hydrogen (secondary N) is 1. The zero-order chi connectivity index (χ0) is 85.0. The van der Waals surface area contributed by atoms with Crippen molar-refractivity contribution in [1.82, 2.24) is 5.32 Å². The summed E-state index contributed by atoms with van der Waals surface area (Å²) in [5, 5.41) is 81.0. The van der Waals surface area contributed by atoms with Crippen molar-refractivity contribution in [1.29, 1.82) is 0 Å². The van der Waals surface area contributed by atoms with Gasteiger partial charge in [-0.1, -0.05) is 148 Å². The van der Waals surface area contributed by atoms with Crippen LogP contribution in [-0.2, 0) is 162 Å². The number of carbonyl (C=O) groups is 2. The van der Waals surface area contributed by atoms with Gasteiger partial charge in [0, 0.05) is 165 Å². The number of aldehydes is 1. The summed E-state index contributed by atoms with van der Waals surface area (Å²) in [6.07, 6.45) is 4.70. The molecule has 5 aliphatic heterocycles. The van der Waals surface area contributed by atoms with Gasteiger partial charge in [-0.15, -0.1) is 12.3 Å². The number of methoxy groups -OCH3 is 2. The van der Waals surface area contributed by atoms with Gasteiger partial charge in [0.15, 0.2) is 12.4 Å². The number of hydrogen-bond acceptors (Lipinski definition) is 23. The number of carbonyl (C=O) groups excluding carboxylic acids is 6. The van der Waals surface area contributed by atoms with Crippen molar-refractivity contribution in [3.63, 3.8) is 0 Å². The second-order valence-electron chi connectivity index (χ2n) is 25.3. The molecular formula is C82H116Cu7N8O21+. The molecule has 3 unspecified atom stereocenters. The van der Waals surface area contributed by atoms with Crippen LogP contribution >= 0.6 is 0 Å². The van der Waals surface area contributed by atoms with Crippen molar-refractivity contribution in [2.75, 3.05) is 88.1 Å². The van der Waals surface area contributed by atoms with E-state index in [4.69, 9.17) is 99.6 Å². The Kier molecular flexibility index (Phi) is 79.5. The topological polar surface area (TPSA) is 451 Å². The average Bonchev–Trinajstić information content (AvgIpc) is 1.61. The number of ether oxygens (including phenoxy) is 7. The molecule has 0 fully saturated rings. The van der Waals surface area contributed by atoms with E-state index in [2.05, 4.69) is 81.4 Å². The van der Waals surface area contributed by atoms with Gasteiger partial charge < -0.3 is 104 Å². The number of esters is 2. The van der Waals surface area contributed by atoms with Crippen LogP contribution in [0.5, 0.6) is 0 Å². The van der Waals surface area contributed by atoms with E-state index in [1.807, 2.05) is 108 Å². The molecule has 0 saturated heterocycles. The van der Waals surface area contributed by atoms with Crippen molar-refractivity contribution in [3.05, 3.63) is 243 Å². The summed E-state index contributed by atoms with van der Waals surface area (Å²) < 4.78 is 32.8. The number of aliphatic hydroxyl groups excluding tert-OH is 7. The Bertz CT molecular complexity index is 3890. The smallest absolute Gasteiger partial charge is 0.873 e. The second kappa shape index (κ2) is 72.7. The molecular weight excluding hydrogens is 1880 g/mol. The van der Waals surface area contributed by atoms with Gasteiger partial charge in [-0.05, 0) is 90.1 Å². The summed E-state index contributed by atoms with van der Waals surface area (Å²) in [7, 11) is 8.35. The normalized spacial score (nSPS) is 13.9. The minimum atomic E-state index is -0.507. The first-order valence-electron chi connectivity index (χ1n) is 34.5. The predicted molar refractivity (Wildman–Crippen MR) is 437 cm³/mol. The SMILES string of the molecule is C=C(C)C(=C)[O-].C=C(C)C(=O)OCCOC(=[OH+])C=C(C)O.CC(=[OH+])C=C(C)O.CC(=[OH+])C=C(C)O.CC(C)(C)C(=[OH+])C=C(O)C(C)(C)C.CC=O.CO.CO.COCCOCCO.[CH2-]OCOCCOC.[Cu+].[Cu].[Cu].[Cu].[Cu].[Cu].[Cu].c1ccc2c(c1)C1=NC2=NC2[N-]C(=NC3=NC(NC4[N-]C(=N1)c1ccccc14)c1ccccc13)c1ccccc12. The van der Waals surface area contributed by atoms with Gasteiger partial charge in [0.2, 0.25) is 6.61 Å². The van der Waals surface area contributed by atoms with Crippen LogP contribution in [0, 0.1) is 17.9 Å². The van der Waals surface area contributed by atoms with Crippen LogP contribution in [0.2, 0.25) is 0 Å². The maximum Gasteiger partial charge on any atom is 1.00 e. The maximum atomic E-state index is 10.9. The third-order valence-corrected chi connectivity index (χ3v) is 13.5. The number of fused-ring (bicyclic) bond motifs is 18. The van der Waals surface area contributed by atoms with Crippen molar-refractivity contribution in [2.24, 2.45) is 35.8 Å². The van der Waals surface area contributed by atoms with Gasteiger partial charge in [0.05, 0.1) is 106 Å². The number of benzene rings is 4. The summed E-state index contributed by atoms with van der Waals surface area (Å²) in [5.41, 5.74) is 8.09. The van der Waals surface area contributed by atoms with Crippen molar-refractivity contribution in [3.8, 4) is 0 Å². The molecule has 9 rings (SSSR count). The first-order chi connectivity index (χ1) is 52.4. The van der Waals surface area contributed by atoms with Crippen LogP contribution in [0.3, 0.4) is 0 Å². The fraction of sp³-hybridized carbons (Fsp3) is 0.390. The summed E-state index contributed by atoms with van der Waals surface area (Å²) in [6, 6.07) is 32.5. The zero-order valence-electron chi connectivity index (χ0n) is 69.3. The largest absolute Gasteiger partial charge is 1.00 e. The van der Waals surface area contributed by atoms with Gasteiger partial charge in [0.1, 0.15) is 36.8 Å².